The minimum absolute atomic E-state index is 0.0907. The van der Waals surface area contributed by atoms with Gasteiger partial charge in [-0.25, -0.2) is 4.39 Å². The normalized spacial score (nSPS) is 22.2. The molecule has 0 saturated carbocycles. The van der Waals surface area contributed by atoms with Crippen molar-refractivity contribution in [3.05, 3.63) is 172 Å². The van der Waals surface area contributed by atoms with Gasteiger partial charge in [0.1, 0.15) is 24.4 Å². The third kappa shape index (κ3) is 10.4. The zero-order chi connectivity index (χ0) is 43.8. The zero-order valence-corrected chi connectivity index (χ0v) is 35.8. The summed E-state index contributed by atoms with van der Waals surface area (Å²) in [6.45, 7) is 11.9. The van der Waals surface area contributed by atoms with Crippen LogP contribution in [0.15, 0.2) is 127 Å². The molecular weight excluding hydrogens is 771 g/mol. The first-order valence-corrected chi connectivity index (χ1v) is 22.9. The van der Waals surface area contributed by atoms with Crippen LogP contribution in [-0.4, -0.2) is 53.5 Å². The van der Waals surface area contributed by atoms with E-state index in [-0.39, 0.29) is 43.6 Å². The fourth-order valence-corrected chi connectivity index (χ4v) is 8.07. The first-order valence-electron chi connectivity index (χ1n) is 21.1. The van der Waals surface area contributed by atoms with Crippen LogP contribution in [0.3, 0.4) is 0 Å². The van der Waals surface area contributed by atoms with Crippen molar-refractivity contribution in [2.45, 2.75) is 95.3 Å². The van der Waals surface area contributed by atoms with Gasteiger partial charge in [-0.15, -0.1) is 0 Å². The molecule has 10 heteroatoms. The Balaban J connectivity index is 1.47. The van der Waals surface area contributed by atoms with Gasteiger partial charge in [-0.3, -0.25) is 0 Å². The predicted octanol–water partition coefficient (Wildman–Crippen LogP) is 11.1. The number of benzene rings is 5. The molecule has 1 saturated heterocycles. The first kappa shape index (κ1) is 39.6. The maximum Gasteiger partial charge on any atom is 0.225 e. The Bertz CT molecular complexity index is 2160. The van der Waals surface area contributed by atoms with E-state index in [4.69, 9.17) is 48.6 Å². The zero-order valence-electron chi connectivity index (χ0n) is 37.1. The van der Waals surface area contributed by atoms with Crippen molar-refractivity contribution in [1.29, 1.82) is 0 Å². The van der Waals surface area contributed by atoms with Crippen molar-refractivity contribution in [1.82, 2.24) is 0 Å². The van der Waals surface area contributed by atoms with Crippen LogP contribution in [0.5, 0.6) is 5.75 Å². The van der Waals surface area contributed by atoms with Gasteiger partial charge >= 0.3 is 0 Å². The quantitative estimate of drug-likeness (QED) is 0.0865. The monoisotopic (exact) mass is 829 g/mol. The summed E-state index contributed by atoms with van der Waals surface area (Å²) in [5.74, 6) is -2.78. The molecule has 0 aromatic heterocycles. The molecule has 0 spiro atoms. The van der Waals surface area contributed by atoms with Crippen LogP contribution in [0.2, 0.25) is 23.2 Å². The minimum atomic E-state index is -2.80. The van der Waals surface area contributed by atoms with Crippen LogP contribution in [0.25, 0.3) is 0 Å². The van der Waals surface area contributed by atoms with E-state index >= 15 is 4.39 Å². The molecule has 0 bridgehead atoms. The lowest BCUT2D eigenvalue weighted by Gasteiger charge is -2.52. The summed E-state index contributed by atoms with van der Waals surface area (Å²) in [5.41, 5.74) is 4.65. The lowest BCUT2D eigenvalue weighted by atomic mass is 9.86. The van der Waals surface area contributed by atoms with Gasteiger partial charge in [0.25, 0.3) is 0 Å². The van der Waals surface area contributed by atoms with Gasteiger partial charge in [-0.05, 0) is 76.6 Å². The van der Waals surface area contributed by atoms with Gasteiger partial charge in [0.15, 0.2) is 19.9 Å². The molecule has 0 radical (unpaired) electrons. The maximum atomic E-state index is 15.2. The van der Waals surface area contributed by atoms with Crippen LogP contribution in [0, 0.1) is 5.82 Å². The average molecular weight is 831 g/mol. The van der Waals surface area contributed by atoms with Gasteiger partial charge in [0.2, 0.25) is 5.79 Å². The second kappa shape index (κ2) is 19.4. The minimum Gasteiger partial charge on any atom is -0.494 e. The highest BCUT2D eigenvalue weighted by Gasteiger charge is 2.59. The van der Waals surface area contributed by atoms with E-state index in [1.165, 1.54) is 12.1 Å². The molecule has 0 aliphatic carbocycles. The van der Waals surface area contributed by atoms with Crippen LogP contribution in [-0.2, 0) is 60.1 Å². The SMILES string of the molecule is [2H]C([2H])([2H])Oc1ccc(Cc2cc([C@]3(OC)O[C@H](CO[Si](C)(C)C(C)(C)C)[C@@H](OCc4ccccc4)[C@H](OCc4ccccc4)[C@H]3OCc3ccccc3)ccc2Cl)cc1F. The van der Waals surface area contributed by atoms with Gasteiger partial charge in [-0.2, -0.15) is 0 Å². The Kier molecular flexibility index (Phi) is 13.3. The van der Waals surface area contributed by atoms with E-state index in [1.54, 1.807) is 19.2 Å². The molecule has 1 aliphatic rings. The lowest BCUT2D eigenvalue weighted by Crippen LogP contribution is -2.66. The van der Waals surface area contributed by atoms with Gasteiger partial charge in [-0.1, -0.05) is 136 Å². The summed E-state index contributed by atoms with van der Waals surface area (Å²) >= 11 is 6.88. The van der Waals surface area contributed by atoms with E-state index in [0.717, 1.165) is 16.7 Å². The molecule has 308 valence electrons. The molecule has 5 aromatic carbocycles. The van der Waals surface area contributed by atoms with Gasteiger partial charge in [0.05, 0.1) is 37.6 Å². The first-order chi connectivity index (χ1) is 29.0. The van der Waals surface area contributed by atoms with Crippen LogP contribution in [0.1, 0.15) is 58.3 Å². The number of halogens is 2. The fourth-order valence-electron chi connectivity index (χ4n) is 6.88. The number of methoxy groups -OCH3 is 2. The number of rotatable bonds is 17. The van der Waals surface area contributed by atoms with Crippen LogP contribution in [0.4, 0.5) is 4.39 Å². The molecule has 1 heterocycles. The lowest BCUT2D eigenvalue weighted by molar-refractivity contribution is -0.384. The van der Waals surface area contributed by atoms with Crippen molar-refractivity contribution in [2.75, 3.05) is 20.8 Å². The second-order valence-electron chi connectivity index (χ2n) is 16.2. The van der Waals surface area contributed by atoms with E-state index in [2.05, 4.69) is 33.9 Å². The molecule has 0 unspecified atom stereocenters. The standard InChI is InChI=1S/C48H56ClFO7Si/c1-47(2,3)58(6,7)56-33-43-44(53-30-34-17-11-8-12-18-34)45(54-31-35-19-13-9-14-20-35)46(55-32-36-21-15-10-16-22-36)48(52-5,57-43)39-24-25-40(49)38(29-39)27-37-23-26-42(51-4)41(50)28-37/h8-26,28-29,43-46H,27,30-33H2,1-7H3/t43-,44-,45+,46-,48+/m1/s1/i4D3. The molecule has 5 aromatic rings. The summed E-state index contributed by atoms with van der Waals surface area (Å²) in [5, 5.41) is 0.335. The Morgan fingerprint density at radius 3 is 1.84 bits per heavy atom. The van der Waals surface area contributed by atoms with Crippen molar-refractivity contribution in [3.8, 4) is 5.75 Å². The van der Waals surface area contributed by atoms with E-state index in [0.29, 0.717) is 21.7 Å². The average Bonchev–Trinajstić information content (AvgIpc) is 3.23. The predicted molar refractivity (Wildman–Crippen MR) is 229 cm³/mol. The van der Waals surface area contributed by atoms with Crippen LogP contribution >= 0.6 is 11.6 Å². The molecule has 7 nitrogen and oxygen atoms in total. The second-order valence-corrected chi connectivity index (χ2v) is 21.4. The third-order valence-electron chi connectivity index (χ3n) is 11.2. The van der Waals surface area contributed by atoms with E-state index < -0.39 is 51.4 Å². The Morgan fingerprint density at radius 2 is 1.31 bits per heavy atom. The maximum absolute atomic E-state index is 15.2. The van der Waals surface area contributed by atoms with E-state index in [9.17, 15) is 0 Å². The molecular formula is C48H56ClFO7Si. The van der Waals surface area contributed by atoms with Crippen molar-refractivity contribution >= 4 is 19.9 Å². The molecule has 5 atom stereocenters. The smallest absolute Gasteiger partial charge is 0.225 e. The van der Waals surface area contributed by atoms with E-state index in [1.807, 2.05) is 103 Å². The largest absolute Gasteiger partial charge is 0.494 e. The Hall–Kier alpha value is -3.90. The number of ether oxygens (including phenoxy) is 6. The molecule has 6 rings (SSSR count). The topological polar surface area (TPSA) is 64.6 Å². The highest BCUT2D eigenvalue weighted by molar-refractivity contribution is 6.74. The third-order valence-corrected chi connectivity index (χ3v) is 16.1. The molecule has 0 N–H and O–H groups in total. The van der Waals surface area contributed by atoms with Crippen molar-refractivity contribution in [2.24, 2.45) is 0 Å². The highest BCUT2D eigenvalue weighted by Crippen LogP contribution is 2.46. The van der Waals surface area contributed by atoms with Crippen LogP contribution < -0.4 is 4.74 Å². The Labute approximate surface area is 353 Å². The molecule has 1 aliphatic heterocycles. The van der Waals surface area contributed by atoms with Gasteiger partial charge in [0, 0.05) is 17.7 Å². The number of hydrogen-bond acceptors (Lipinski definition) is 7. The summed E-state index contributed by atoms with van der Waals surface area (Å²) in [4.78, 5) is 0. The molecule has 58 heavy (non-hydrogen) atoms. The van der Waals surface area contributed by atoms with Crippen molar-refractivity contribution in [3.63, 3.8) is 0 Å². The summed E-state index contributed by atoms with van der Waals surface area (Å²) < 4.78 is 84.0. The Morgan fingerprint density at radius 1 is 0.741 bits per heavy atom. The van der Waals surface area contributed by atoms with Crippen molar-refractivity contribution < 1.29 is 41.3 Å². The summed E-state index contributed by atoms with van der Waals surface area (Å²) in [7, 11) is -3.54. The highest BCUT2D eigenvalue weighted by atomic mass is 35.5. The number of hydrogen-bond donors (Lipinski definition) is 0. The van der Waals surface area contributed by atoms with Gasteiger partial charge < -0.3 is 32.8 Å². The summed E-state index contributed by atoms with van der Waals surface area (Å²) in [6.07, 6.45) is -2.90. The summed E-state index contributed by atoms with van der Waals surface area (Å²) in [6, 6.07) is 39.4. The molecule has 1 fully saturated rings. The fraction of sp³-hybridized carbons (Fsp3) is 0.375. The molecule has 0 amide bonds.